The molecule has 19 heavy (non-hydrogen) atoms. The van der Waals surface area contributed by atoms with Gasteiger partial charge in [0.2, 0.25) is 0 Å². The number of hydrogen-bond donors (Lipinski definition) is 1. The summed E-state index contributed by atoms with van der Waals surface area (Å²) < 4.78 is 4.96. The molecule has 1 amide bonds. The van der Waals surface area contributed by atoms with Crippen LogP contribution in [-0.4, -0.2) is 17.1 Å². The lowest BCUT2D eigenvalue weighted by molar-refractivity contribution is 0.0821. The molecule has 0 aromatic carbocycles. The molecule has 1 heterocycles. The Morgan fingerprint density at radius 2 is 2.05 bits per heavy atom. The van der Waals surface area contributed by atoms with Crippen molar-refractivity contribution >= 4 is 5.91 Å². The minimum absolute atomic E-state index is 0.113. The second kappa shape index (κ2) is 5.35. The van der Waals surface area contributed by atoms with E-state index in [0.29, 0.717) is 17.4 Å². The summed E-state index contributed by atoms with van der Waals surface area (Å²) in [4.78, 5) is 12.2. The first-order chi connectivity index (χ1) is 8.88. The van der Waals surface area contributed by atoms with Crippen molar-refractivity contribution in [3.63, 3.8) is 0 Å². The van der Waals surface area contributed by atoms with Gasteiger partial charge in [0.05, 0.1) is 0 Å². The van der Waals surface area contributed by atoms with Gasteiger partial charge in [0.1, 0.15) is 5.76 Å². The van der Waals surface area contributed by atoms with E-state index in [4.69, 9.17) is 4.52 Å². The van der Waals surface area contributed by atoms with Gasteiger partial charge in [-0.25, -0.2) is 0 Å². The highest BCUT2D eigenvalue weighted by Crippen LogP contribution is 2.38. The van der Waals surface area contributed by atoms with Crippen LogP contribution >= 0.6 is 0 Å². The summed E-state index contributed by atoms with van der Waals surface area (Å²) in [5.41, 5.74) is 0.605. The summed E-state index contributed by atoms with van der Waals surface area (Å²) >= 11 is 0. The monoisotopic (exact) mass is 264 g/mol. The van der Waals surface area contributed by atoms with Gasteiger partial charge in [-0.3, -0.25) is 4.79 Å². The number of aromatic nitrogens is 1. The maximum absolute atomic E-state index is 12.2. The molecule has 1 fully saturated rings. The van der Waals surface area contributed by atoms with Crippen molar-refractivity contribution in [3.8, 4) is 0 Å². The molecule has 0 bridgehead atoms. The second-order valence-corrected chi connectivity index (χ2v) is 6.66. The molecule has 2 atom stereocenters. The van der Waals surface area contributed by atoms with Crippen molar-refractivity contribution in [2.45, 2.75) is 59.4 Å². The third-order valence-electron chi connectivity index (χ3n) is 4.06. The van der Waals surface area contributed by atoms with E-state index in [-0.39, 0.29) is 17.4 Å². The molecule has 4 nitrogen and oxygen atoms in total. The first-order valence-electron chi connectivity index (χ1n) is 7.12. The smallest absolute Gasteiger partial charge is 0.273 e. The lowest BCUT2D eigenvalue weighted by Crippen LogP contribution is -2.46. The van der Waals surface area contributed by atoms with Gasteiger partial charge in [-0.05, 0) is 31.1 Å². The summed E-state index contributed by atoms with van der Waals surface area (Å²) in [6.07, 6.45) is 4.70. The first-order valence-corrected chi connectivity index (χ1v) is 7.12. The van der Waals surface area contributed by atoms with Crippen LogP contribution in [0.25, 0.3) is 0 Å². The van der Waals surface area contributed by atoms with Crippen molar-refractivity contribution in [2.75, 3.05) is 0 Å². The summed E-state index contributed by atoms with van der Waals surface area (Å²) in [5, 5.41) is 6.93. The largest absolute Gasteiger partial charge is 0.361 e. The number of carbonyl (C=O) groups is 1. The maximum Gasteiger partial charge on any atom is 0.273 e. The van der Waals surface area contributed by atoms with Gasteiger partial charge >= 0.3 is 0 Å². The number of hydrogen-bond acceptors (Lipinski definition) is 3. The standard InChI is InChI=1S/C15H24N2O2/c1-10-9-13(17-19-10)14(18)16-12-8-6-5-7-11(12)15(2,3)4/h9,11-12H,5-8H2,1-4H3,(H,16,18)/t11-,12+/m1/s1. The average Bonchev–Trinajstić information content (AvgIpc) is 2.75. The van der Waals surface area contributed by atoms with Crippen molar-refractivity contribution < 1.29 is 9.32 Å². The van der Waals surface area contributed by atoms with Crippen LogP contribution in [0.4, 0.5) is 0 Å². The van der Waals surface area contributed by atoms with Crippen LogP contribution in [0, 0.1) is 18.3 Å². The van der Waals surface area contributed by atoms with Crippen LogP contribution < -0.4 is 5.32 Å². The summed E-state index contributed by atoms with van der Waals surface area (Å²) in [6.45, 7) is 8.55. The molecule has 2 rings (SSSR count). The number of amides is 1. The molecule has 1 aromatic rings. The zero-order valence-corrected chi connectivity index (χ0v) is 12.3. The fourth-order valence-corrected chi connectivity index (χ4v) is 3.06. The van der Waals surface area contributed by atoms with E-state index in [1.165, 1.54) is 19.3 Å². The van der Waals surface area contributed by atoms with Gasteiger partial charge in [0.25, 0.3) is 5.91 Å². The number of rotatable bonds is 2. The molecule has 0 unspecified atom stereocenters. The van der Waals surface area contributed by atoms with E-state index in [9.17, 15) is 4.79 Å². The first kappa shape index (κ1) is 14.1. The van der Waals surface area contributed by atoms with Crippen LogP contribution in [0.1, 0.15) is 62.7 Å². The molecular formula is C15H24N2O2. The third kappa shape index (κ3) is 3.37. The Labute approximate surface area is 114 Å². The minimum Gasteiger partial charge on any atom is -0.361 e. The van der Waals surface area contributed by atoms with Gasteiger partial charge < -0.3 is 9.84 Å². The Bertz CT molecular complexity index is 445. The van der Waals surface area contributed by atoms with Gasteiger partial charge in [-0.1, -0.05) is 38.8 Å². The summed E-state index contributed by atoms with van der Waals surface area (Å²) in [6, 6.07) is 1.93. The van der Waals surface area contributed by atoms with Crippen LogP contribution in [0.5, 0.6) is 0 Å². The lowest BCUT2D eigenvalue weighted by atomic mass is 9.69. The molecule has 1 aromatic heterocycles. The van der Waals surface area contributed by atoms with Crippen LogP contribution in [0.3, 0.4) is 0 Å². The van der Waals surface area contributed by atoms with Crippen molar-refractivity contribution in [1.82, 2.24) is 10.5 Å². The molecule has 4 heteroatoms. The molecule has 106 valence electrons. The quantitative estimate of drug-likeness (QED) is 0.891. The van der Waals surface area contributed by atoms with Crippen LogP contribution in [0.2, 0.25) is 0 Å². The highest BCUT2D eigenvalue weighted by Gasteiger charge is 2.35. The summed E-state index contributed by atoms with van der Waals surface area (Å²) in [7, 11) is 0. The molecule has 0 spiro atoms. The molecule has 0 aliphatic heterocycles. The van der Waals surface area contributed by atoms with E-state index in [2.05, 4.69) is 31.2 Å². The minimum atomic E-state index is -0.113. The molecule has 1 aliphatic rings. The number of nitrogens with one attached hydrogen (secondary N) is 1. The van der Waals surface area contributed by atoms with Crippen LogP contribution in [0.15, 0.2) is 10.6 Å². The number of nitrogens with zero attached hydrogens (tertiary/aromatic N) is 1. The van der Waals surface area contributed by atoms with Crippen LogP contribution in [-0.2, 0) is 0 Å². The Balaban J connectivity index is 2.05. The highest BCUT2D eigenvalue weighted by atomic mass is 16.5. The Hall–Kier alpha value is -1.32. The molecule has 1 aliphatic carbocycles. The highest BCUT2D eigenvalue weighted by molar-refractivity contribution is 5.92. The van der Waals surface area contributed by atoms with Gasteiger partial charge in [-0.15, -0.1) is 0 Å². The van der Waals surface area contributed by atoms with Crippen molar-refractivity contribution in [2.24, 2.45) is 11.3 Å². The Morgan fingerprint density at radius 1 is 1.37 bits per heavy atom. The topological polar surface area (TPSA) is 55.1 Å². The fourth-order valence-electron chi connectivity index (χ4n) is 3.06. The van der Waals surface area contributed by atoms with E-state index in [0.717, 1.165) is 6.42 Å². The Morgan fingerprint density at radius 3 is 2.63 bits per heavy atom. The van der Waals surface area contributed by atoms with Crippen molar-refractivity contribution in [1.29, 1.82) is 0 Å². The molecular weight excluding hydrogens is 240 g/mol. The van der Waals surface area contributed by atoms with Gasteiger partial charge in [0, 0.05) is 12.1 Å². The van der Waals surface area contributed by atoms with Gasteiger partial charge in [0.15, 0.2) is 5.69 Å². The molecule has 1 saturated carbocycles. The fraction of sp³-hybridized carbons (Fsp3) is 0.733. The maximum atomic E-state index is 12.2. The number of carbonyl (C=O) groups excluding carboxylic acids is 1. The van der Waals surface area contributed by atoms with E-state index in [1.807, 2.05) is 0 Å². The Kier molecular flexibility index (Phi) is 3.97. The van der Waals surface area contributed by atoms with E-state index in [1.54, 1.807) is 13.0 Å². The number of aryl methyl sites for hydroxylation is 1. The summed E-state index contributed by atoms with van der Waals surface area (Å²) in [5.74, 6) is 1.08. The van der Waals surface area contributed by atoms with Gasteiger partial charge in [-0.2, -0.15) is 0 Å². The zero-order valence-electron chi connectivity index (χ0n) is 12.3. The molecule has 0 radical (unpaired) electrons. The second-order valence-electron chi connectivity index (χ2n) is 6.66. The average molecular weight is 264 g/mol. The van der Waals surface area contributed by atoms with Crippen molar-refractivity contribution in [3.05, 3.63) is 17.5 Å². The SMILES string of the molecule is Cc1cc(C(=O)N[C@H]2CCCC[C@H]2C(C)(C)C)no1. The predicted octanol–water partition coefficient (Wildman–Crippen LogP) is 3.32. The molecule has 1 N–H and O–H groups in total. The predicted molar refractivity (Wildman–Crippen MR) is 73.9 cm³/mol. The van der Waals surface area contributed by atoms with E-state index >= 15 is 0 Å². The third-order valence-corrected chi connectivity index (χ3v) is 4.06. The lowest BCUT2D eigenvalue weighted by Gasteiger charge is -2.40. The van der Waals surface area contributed by atoms with E-state index < -0.39 is 0 Å². The normalized spacial score (nSPS) is 24.2. The molecule has 0 saturated heterocycles. The zero-order chi connectivity index (χ0) is 14.0.